The first-order valence-electron chi connectivity index (χ1n) is 8.05. The van der Waals surface area contributed by atoms with E-state index in [0.29, 0.717) is 23.7 Å². The highest BCUT2D eigenvalue weighted by molar-refractivity contribution is 5.88. The summed E-state index contributed by atoms with van der Waals surface area (Å²) in [5.41, 5.74) is 2.35. The Morgan fingerprint density at radius 2 is 2.04 bits per heavy atom. The van der Waals surface area contributed by atoms with E-state index in [1.54, 1.807) is 25.1 Å². The van der Waals surface area contributed by atoms with Crippen LogP contribution in [0.15, 0.2) is 59.1 Å². The first-order valence-corrected chi connectivity index (χ1v) is 8.05. The molecule has 0 N–H and O–H groups in total. The molecule has 1 aromatic heterocycles. The Morgan fingerprint density at radius 3 is 2.85 bits per heavy atom. The van der Waals surface area contributed by atoms with Crippen molar-refractivity contribution >= 4 is 5.97 Å². The fourth-order valence-corrected chi connectivity index (χ4v) is 2.35. The predicted molar refractivity (Wildman–Crippen MR) is 93.4 cm³/mol. The van der Waals surface area contributed by atoms with Crippen LogP contribution in [-0.4, -0.2) is 17.7 Å². The van der Waals surface area contributed by atoms with E-state index in [4.69, 9.17) is 19.3 Å². The Balaban J connectivity index is 1.72. The lowest BCUT2D eigenvalue weighted by molar-refractivity contribution is 0.0514. The first-order chi connectivity index (χ1) is 12.7. The molecule has 1 heterocycles. The summed E-state index contributed by atoms with van der Waals surface area (Å²) in [6.07, 6.45) is 0. The summed E-state index contributed by atoms with van der Waals surface area (Å²) < 4.78 is 15.9. The molecule has 0 bridgehead atoms. The molecule has 0 radical (unpaired) electrons. The number of carbonyl (C=O) groups is 1. The molecule has 0 atom stereocenters. The number of aromatic nitrogens is 1. The van der Waals surface area contributed by atoms with Crippen LogP contribution in [0.3, 0.4) is 0 Å². The predicted octanol–water partition coefficient (Wildman–Crippen LogP) is 3.97. The molecule has 0 unspecified atom stereocenters. The highest BCUT2D eigenvalue weighted by Gasteiger charge is 2.14. The molecule has 0 aliphatic rings. The molecule has 6 nitrogen and oxygen atoms in total. The Labute approximate surface area is 150 Å². The van der Waals surface area contributed by atoms with Crippen molar-refractivity contribution in [2.24, 2.45) is 0 Å². The number of carbonyl (C=O) groups excluding carboxylic acids is 1. The number of hydrogen-bond donors (Lipinski definition) is 0. The van der Waals surface area contributed by atoms with E-state index in [0.717, 1.165) is 11.1 Å². The minimum absolute atomic E-state index is 0.126. The van der Waals surface area contributed by atoms with Crippen molar-refractivity contribution in [1.29, 1.82) is 5.26 Å². The lowest BCUT2D eigenvalue weighted by atomic mass is 10.1. The molecule has 26 heavy (non-hydrogen) atoms. The molecule has 0 amide bonds. The number of hydrogen-bond acceptors (Lipinski definition) is 6. The topological polar surface area (TPSA) is 85.4 Å². The van der Waals surface area contributed by atoms with Crippen LogP contribution in [-0.2, 0) is 11.3 Å². The van der Waals surface area contributed by atoms with Crippen molar-refractivity contribution in [3.05, 3.63) is 71.4 Å². The number of benzene rings is 2. The van der Waals surface area contributed by atoms with Gasteiger partial charge in [0.15, 0.2) is 11.5 Å². The van der Waals surface area contributed by atoms with Crippen molar-refractivity contribution < 1.29 is 18.8 Å². The van der Waals surface area contributed by atoms with Gasteiger partial charge in [0.25, 0.3) is 0 Å². The standard InChI is InChI=1S/C20H16N2O4/c1-2-24-20(23)18-11-19(26-22-18)16-7-4-8-17(10-16)25-13-15-6-3-5-14(9-15)12-21/h3-11H,2,13H2,1H3. The lowest BCUT2D eigenvalue weighted by Crippen LogP contribution is -2.04. The Morgan fingerprint density at radius 1 is 1.19 bits per heavy atom. The van der Waals surface area contributed by atoms with Gasteiger partial charge in [-0.25, -0.2) is 4.79 Å². The minimum Gasteiger partial charge on any atom is -0.489 e. The molecule has 130 valence electrons. The summed E-state index contributed by atoms with van der Waals surface area (Å²) in [7, 11) is 0. The van der Waals surface area contributed by atoms with Gasteiger partial charge in [-0.15, -0.1) is 0 Å². The third-order valence-electron chi connectivity index (χ3n) is 3.57. The van der Waals surface area contributed by atoms with Gasteiger partial charge in [-0.05, 0) is 36.8 Å². The van der Waals surface area contributed by atoms with Gasteiger partial charge in [-0.3, -0.25) is 0 Å². The molecule has 0 saturated heterocycles. The van der Waals surface area contributed by atoms with Crippen molar-refractivity contribution in [1.82, 2.24) is 5.16 Å². The Bertz CT molecular complexity index is 956. The molecule has 3 rings (SSSR count). The number of esters is 1. The van der Waals surface area contributed by atoms with Crippen molar-refractivity contribution in [2.45, 2.75) is 13.5 Å². The fourth-order valence-electron chi connectivity index (χ4n) is 2.35. The van der Waals surface area contributed by atoms with E-state index in [1.165, 1.54) is 6.07 Å². The van der Waals surface area contributed by atoms with E-state index >= 15 is 0 Å². The summed E-state index contributed by atoms with van der Waals surface area (Å²) in [6.45, 7) is 2.34. The number of nitriles is 1. The largest absolute Gasteiger partial charge is 0.489 e. The average molecular weight is 348 g/mol. The van der Waals surface area contributed by atoms with E-state index in [2.05, 4.69) is 11.2 Å². The summed E-state index contributed by atoms with van der Waals surface area (Å²) >= 11 is 0. The maximum absolute atomic E-state index is 11.7. The summed E-state index contributed by atoms with van der Waals surface area (Å²) in [4.78, 5) is 11.7. The summed E-state index contributed by atoms with van der Waals surface area (Å²) in [6, 6.07) is 18.2. The average Bonchev–Trinajstić information content (AvgIpc) is 3.17. The second-order valence-corrected chi connectivity index (χ2v) is 5.43. The zero-order chi connectivity index (χ0) is 18.4. The highest BCUT2D eigenvalue weighted by atomic mass is 16.5. The van der Waals surface area contributed by atoms with E-state index in [-0.39, 0.29) is 12.3 Å². The number of ether oxygens (including phenoxy) is 2. The Kier molecular flexibility index (Phi) is 5.30. The molecular formula is C20H16N2O4. The van der Waals surface area contributed by atoms with Crippen molar-refractivity contribution in [3.63, 3.8) is 0 Å². The fraction of sp³-hybridized carbons (Fsp3) is 0.150. The van der Waals surface area contributed by atoms with Crippen molar-refractivity contribution in [2.75, 3.05) is 6.61 Å². The minimum atomic E-state index is -0.521. The van der Waals surface area contributed by atoms with Gasteiger partial charge in [-0.1, -0.05) is 29.4 Å². The molecule has 0 aliphatic carbocycles. The van der Waals surface area contributed by atoms with Gasteiger partial charge >= 0.3 is 5.97 Å². The van der Waals surface area contributed by atoms with Crippen LogP contribution in [0, 0.1) is 11.3 Å². The molecule has 6 heteroatoms. The SMILES string of the molecule is CCOC(=O)c1cc(-c2cccc(OCc3cccc(C#N)c3)c2)on1. The van der Waals surface area contributed by atoms with Crippen molar-refractivity contribution in [3.8, 4) is 23.1 Å². The van der Waals surface area contributed by atoms with E-state index in [1.807, 2.05) is 30.3 Å². The first kappa shape index (κ1) is 17.2. The van der Waals surface area contributed by atoms with Gasteiger partial charge in [-0.2, -0.15) is 5.26 Å². The van der Waals surface area contributed by atoms with Crippen LogP contribution < -0.4 is 4.74 Å². The molecule has 2 aromatic carbocycles. The maximum atomic E-state index is 11.7. The molecule has 0 aliphatic heterocycles. The lowest BCUT2D eigenvalue weighted by Gasteiger charge is -2.07. The summed E-state index contributed by atoms with van der Waals surface area (Å²) in [5, 5.41) is 12.7. The van der Waals surface area contributed by atoms with Gasteiger partial charge in [0.1, 0.15) is 12.4 Å². The molecular weight excluding hydrogens is 332 g/mol. The highest BCUT2D eigenvalue weighted by Crippen LogP contribution is 2.25. The number of rotatable bonds is 6. The monoisotopic (exact) mass is 348 g/mol. The smallest absolute Gasteiger partial charge is 0.360 e. The molecule has 0 fully saturated rings. The third kappa shape index (κ3) is 4.08. The third-order valence-corrected chi connectivity index (χ3v) is 3.57. The second kappa shape index (κ2) is 7.99. The van der Waals surface area contributed by atoms with E-state index < -0.39 is 5.97 Å². The second-order valence-electron chi connectivity index (χ2n) is 5.43. The van der Waals surface area contributed by atoms with Gasteiger partial charge < -0.3 is 14.0 Å². The molecule has 0 saturated carbocycles. The van der Waals surface area contributed by atoms with Crippen LogP contribution >= 0.6 is 0 Å². The zero-order valence-corrected chi connectivity index (χ0v) is 14.1. The number of nitrogens with zero attached hydrogens (tertiary/aromatic N) is 2. The van der Waals surface area contributed by atoms with Crippen LogP contribution in [0.1, 0.15) is 28.5 Å². The normalized spacial score (nSPS) is 10.2. The Hall–Kier alpha value is -3.59. The van der Waals surface area contributed by atoms with E-state index in [9.17, 15) is 4.79 Å². The van der Waals surface area contributed by atoms with Gasteiger partial charge in [0, 0.05) is 11.6 Å². The van der Waals surface area contributed by atoms with Gasteiger partial charge in [0.2, 0.25) is 0 Å². The summed E-state index contributed by atoms with van der Waals surface area (Å²) in [5.74, 6) is 0.566. The van der Waals surface area contributed by atoms with Crippen LogP contribution in [0.5, 0.6) is 5.75 Å². The van der Waals surface area contributed by atoms with Crippen LogP contribution in [0.2, 0.25) is 0 Å². The van der Waals surface area contributed by atoms with Crippen LogP contribution in [0.4, 0.5) is 0 Å². The molecule has 3 aromatic rings. The molecule has 0 spiro atoms. The van der Waals surface area contributed by atoms with Crippen LogP contribution in [0.25, 0.3) is 11.3 Å². The quantitative estimate of drug-likeness (QED) is 0.627. The van der Waals surface area contributed by atoms with Gasteiger partial charge in [0.05, 0.1) is 18.2 Å². The maximum Gasteiger partial charge on any atom is 0.360 e. The zero-order valence-electron chi connectivity index (χ0n) is 14.1.